The number of hydrogen-bond donors (Lipinski definition) is 3. The van der Waals surface area contributed by atoms with Crippen LogP contribution in [0.4, 0.5) is 5.69 Å². The van der Waals surface area contributed by atoms with Crippen LogP contribution in [-0.4, -0.2) is 23.1 Å². The summed E-state index contributed by atoms with van der Waals surface area (Å²) in [5.41, 5.74) is 5.00. The predicted octanol–water partition coefficient (Wildman–Crippen LogP) is 2.86. The van der Waals surface area contributed by atoms with E-state index in [2.05, 4.69) is 31.8 Å². The number of aromatic hydroxyl groups is 1. The number of phenolic OH excluding ortho intramolecular Hbond substituents is 1. The van der Waals surface area contributed by atoms with E-state index < -0.39 is 11.8 Å². The van der Waals surface area contributed by atoms with Crippen LogP contribution in [0.2, 0.25) is 0 Å². The fourth-order valence-corrected chi connectivity index (χ4v) is 2.28. The lowest BCUT2D eigenvalue weighted by Crippen LogP contribution is -2.32. The number of rotatable bonds is 3. The monoisotopic (exact) mass is 389 g/mol. The van der Waals surface area contributed by atoms with Gasteiger partial charge in [0, 0.05) is 15.7 Å². The van der Waals surface area contributed by atoms with Gasteiger partial charge in [-0.2, -0.15) is 5.10 Å². The molecule has 0 saturated heterocycles. The third kappa shape index (κ3) is 4.42. The van der Waals surface area contributed by atoms with Crippen molar-refractivity contribution in [2.24, 2.45) is 5.10 Å². The van der Waals surface area contributed by atoms with Crippen LogP contribution < -0.4 is 10.7 Å². The Morgan fingerprint density at radius 2 is 1.92 bits per heavy atom. The third-order valence-corrected chi connectivity index (χ3v) is 3.91. The maximum atomic E-state index is 11.9. The standard InChI is InChI=1S/C17H16BrN3O3/c1-10-4-3-5-14(11(10)2)20-16(23)17(24)21-19-9-12-8-13(18)6-7-15(12)22/h3-9,22H,1-2H3,(H,20,23)(H,21,24). The minimum atomic E-state index is -0.901. The lowest BCUT2D eigenvalue weighted by atomic mass is 10.1. The predicted molar refractivity (Wildman–Crippen MR) is 96.1 cm³/mol. The number of nitrogens with one attached hydrogen (secondary N) is 2. The highest BCUT2D eigenvalue weighted by atomic mass is 79.9. The van der Waals surface area contributed by atoms with E-state index in [0.717, 1.165) is 15.6 Å². The lowest BCUT2D eigenvalue weighted by molar-refractivity contribution is -0.136. The molecule has 2 aromatic carbocycles. The molecule has 0 aliphatic rings. The number of amides is 2. The molecule has 124 valence electrons. The van der Waals surface area contributed by atoms with Crippen molar-refractivity contribution >= 4 is 39.6 Å². The number of carbonyl (C=O) groups excluding carboxylic acids is 2. The molecule has 0 saturated carbocycles. The number of hydrogen-bond acceptors (Lipinski definition) is 4. The summed E-state index contributed by atoms with van der Waals surface area (Å²) in [6, 6.07) is 10.2. The SMILES string of the molecule is Cc1cccc(NC(=O)C(=O)NN=Cc2cc(Br)ccc2O)c1C. The highest BCUT2D eigenvalue weighted by Gasteiger charge is 2.14. The quantitative estimate of drug-likeness (QED) is 0.428. The van der Waals surface area contributed by atoms with Crippen LogP contribution in [0.1, 0.15) is 16.7 Å². The first-order valence-electron chi connectivity index (χ1n) is 7.07. The smallest absolute Gasteiger partial charge is 0.329 e. The summed E-state index contributed by atoms with van der Waals surface area (Å²) in [6.07, 6.45) is 1.25. The van der Waals surface area contributed by atoms with E-state index >= 15 is 0 Å². The first-order chi connectivity index (χ1) is 11.4. The summed E-state index contributed by atoms with van der Waals surface area (Å²) in [4.78, 5) is 23.7. The van der Waals surface area contributed by atoms with Crippen molar-refractivity contribution in [3.63, 3.8) is 0 Å². The fraction of sp³-hybridized carbons (Fsp3) is 0.118. The second-order valence-corrected chi connectivity index (χ2v) is 6.02. The minimum absolute atomic E-state index is 0.0102. The zero-order valence-electron chi connectivity index (χ0n) is 13.1. The molecule has 0 atom stereocenters. The van der Waals surface area contributed by atoms with Crippen LogP contribution in [0.25, 0.3) is 0 Å². The molecule has 0 fully saturated rings. The van der Waals surface area contributed by atoms with E-state index in [4.69, 9.17) is 0 Å². The fourth-order valence-electron chi connectivity index (χ4n) is 1.91. The summed E-state index contributed by atoms with van der Waals surface area (Å²) >= 11 is 3.27. The van der Waals surface area contributed by atoms with Gasteiger partial charge < -0.3 is 10.4 Å². The molecule has 2 rings (SSSR count). The van der Waals surface area contributed by atoms with Gasteiger partial charge in [0.1, 0.15) is 5.75 Å². The molecule has 7 heteroatoms. The van der Waals surface area contributed by atoms with E-state index in [1.165, 1.54) is 12.3 Å². The Labute approximate surface area is 147 Å². The Kier molecular flexibility index (Phi) is 5.70. The van der Waals surface area contributed by atoms with Gasteiger partial charge in [-0.1, -0.05) is 28.1 Å². The zero-order valence-corrected chi connectivity index (χ0v) is 14.7. The Morgan fingerprint density at radius 1 is 1.17 bits per heavy atom. The summed E-state index contributed by atoms with van der Waals surface area (Å²) in [6.45, 7) is 3.77. The van der Waals surface area contributed by atoms with Crippen LogP contribution in [0.15, 0.2) is 46.0 Å². The van der Waals surface area contributed by atoms with Crippen molar-refractivity contribution in [2.75, 3.05) is 5.32 Å². The minimum Gasteiger partial charge on any atom is -0.507 e. The first-order valence-corrected chi connectivity index (χ1v) is 7.87. The van der Waals surface area contributed by atoms with Crippen LogP contribution in [0.3, 0.4) is 0 Å². The molecule has 0 unspecified atom stereocenters. The average molecular weight is 390 g/mol. The maximum Gasteiger partial charge on any atom is 0.329 e. The molecule has 24 heavy (non-hydrogen) atoms. The number of hydrazone groups is 1. The second-order valence-electron chi connectivity index (χ2n) is 5.10. The molecule has 0 aromatic heterocycles. The molecule has 2 amide bonds. The molecule has 2 aromatic rings. The number of phenols is 1. The van der Waals surface area contributed by atoms with Crippen LogP contribution in [-0.2, 0) is 9.59 Å². The van der Waals surface area contributed by atoms with Gasteiger partial charge >= 0.3 is 11.8 Å². The molecule has 0 radical (unpaired) electrons. The second kappa shape index (κ2) is 7.74. The van der Waals surface area contributed by atoms with E-state index in [-0.39, 0.29) is 5.75 Å². The van der Waals surface area contributed by atoms with Gasteiger partial charge in [0.15, 0.2) is 0 Å². The van der Waals surface area contributed by atoms with Gasteiger partial charge in [-0.25, -0.2) is 5.43 Å². The van der Waals surface area contributed by atoms with Crippen molar-refractivity contribution in [3.05, 3.63) is 57.6 Å². The van der Waals surface area contributed by atoms with Crippen LogP contribution in [0.5, 0.6) is 5.75 Å². The normalized spacial score (nSPS) is 10.6. The summed E-state index contributed by atoms with van der Waals surface area (Å²) < 4.78 is 0.751. The van der Waals surface area contributed by atoms with E-state index in [1.54, 1.807) is 24.3 Å². The van der Waals surface area contributed by atoms with Crippen molar-refractivity contribution in [1.29, 1.82) is 0 Å². The Morgan fingerprint density at radius 3 is 2.67 bits per heavy atom. The third-order valence-electron chi connectivity index (χ3n) is 3.42. The van der Waals surface area contributed by atoms with Crippen LogP contribution in [0, 0.1) is 13.8 Å². The largest absolute Gasteiger partial charge is 0.507 e. The number of halogens is 1. The van der Waals surface area contributed by atoms with Gasteiger partial charge in [-0.3, -0.25) is 9.59 Å². The molecule has 0 bridgehead atoms. The van der Waals surface area contributed by atoms with Gasteiger partial charge in [0.25, 0.3) is 0 Å². The van der Waals surface area contributed by atoms with Crippen molar-refractivity contribution in [2.45, 2.75) is 13.8 Å². The Balaban J connectivity index is 1.99. The Hall–Kier alpha value is -2.67. The molecular formula is C17H16BrN3O3. The molecule has 0 heterocycles. The van der Waals surface area contributed by atoms with E-state index in [0.29, 0.717) is 11.3 Å². The van der Waals surface area contributed by atoms with Gasteiger partial charge in [0.2, 0.25) is 0 Å². The van der Waals surface area contributed by atoms with E-state index in [1.807, 2.05) is 19.9 Å². The summed E-state index contributed by atoms with van der Waals surface area (Å²) in [5.74, 6) is -1.71. The molecule has 0 aliphatic carbocycles. The molecule has 0 aliphatic heterocycles. The molecule has 3 N–H and O–H groups in total. The maximum absolute atomic E-state index is 11.9. The Bertz CT molecular complexity index is 819. The van der Waals surface area contributed by atoms with Gasteiger partial charge in [-0.05, 0) is 49.2 Å². The zero-order chi connectivity index (χ0) is 17.7. The molecule has 6 nitrogen and oxygen atoms in total. The van der Waals surface area contributed by atoms with Crippen molar-refractivity contribution < 1.29 is 14.7 Å². The van der Waals surface area contributed by atoms with Gasteiger partial charge in [-0.15, -0.1) is 0 Å². The number of carbonyl (C=O) groups is 2. The van der Waals surface area contributed by atoms with Crippen molar-refractivity contribution in [3.8, 4) is 5.75 Å². The number of benzene rings is 2. The van der Waals surface area contributed by atoms with Crippen LogP contribution >= 0.6 is 15.9 Å². The topological polar surface area (TPSA) is 90.8 Å². The highest BCUT2D eigenvalue weighted by molar-refractivity contribution is 9.10. The number of anilines is 1. The summed E-state index contributed by atoms with van der Waals surface area (Å²) in [7, 11) is 0. The average Bonchev–Trinajstić information content (AvgIpc) is 2.54. The van der Waals surface area contributed by atoms with Gasteiger partial charge in [0.05, 0.1) is 6.21 Å². The first kappa shape index (κ1) is 17.7. The van der Waals surface area contributed by atoms with Crippen molar-refractivity contribution in [1.82, 2.24) is 5.43 Å². The highest BCUT2D eigenvalue weighted by Crippen LogP contribution is 2.20. The molecular weight excluding hydrogens is 374 g/mol. The number of nitrogens with zero attached hydrogens (tertiary/aromatic N) is 1. The summed E-state index contributed by atoms with van der Waals surface area (Å²) in [5, 5.41) is 15.9. The molecule has 0 spiro atoms. The lowest BCUT2D eigenvalue weighted by Gasteiger charge is -2.09. The number of aryl methyl sites for hydroxylation is 1. The van der Waals surface area contributed by atoms with E-state index in [9.17, 15) is 14.7 Å².